The Kier molecular flexibility index (Phi) is 5.16. The van der Waals surface area contributed by atoms with Gasteiger partial charge in [0, 0.05) is 0 Å². The fourth-order valence-corrected chi connectivity index (χ4v) is 2.37. The van der Waals surface area contributed by atoms with Gasteiger partial charge in [0.15, 0.2) is 0 Å². The van der Waals surface area contributed by atoms with E-state index in [1.54, 1.807) is 7.11 Å². The predicted octanol–water partition coefficient (Wildman–Crippen LogP) is 3.20. The van der Waals surface area contributed by atoms with E-state index in [2.05, 4.69) is 36.6 Å². The smallest absolute Gasteiger partial charge is 0.119 e. The number of rotatable bonds is 6. The van der Waals surface area contributed by atoms with Crippen molar-refractivity contribution in [3.63, 3.8) is 0 Å². The van der Waals surface area contributed by atoms with Crippen LogP contribution in [0.3, 0.4) is 0 Å². The van der Waals surface area contributed by atoms with Gasteiger partial charge in [-0.2, -0.15) is 0 Å². The van der Waals surface area contributed by atoms with Crippen LogP contribution in [0.5, 0.6) is 5.75 Å². The van der Waals surface area contributed by atoms with E-state index in [1.807, 2.05) is 24.3 Å². The Bertz CT molecular complexity index is 537. The number of hydrazine groups is 1. The van der Waals surface area contributed by atoms with E-state index in [-0.39, 0.29) is 6.04 Å². The summed E-state index contributed by atoms with van der Waals surface area (Å²) < 4.78 is 5.27. The Morgan fingerprint density at radius 3 is 2.45 bits per heavy atom. The molecule has 0 aliphatic heterocycles. The molecule has 0 spiro atoms. The third-order valence-electron chi connectivity index (χ3n) is 3.45. The lowest BCUT2D eigenvalue weighted by molar-refractivity contribution is 0.413. The van der Waals surface area contributed by atoms with Gasteiger partial charge in [0.25, 0.3) is 0 Å². The van der Waals surface area contributed by atoms with Crippen LogP contribution in [-0.2, 0) is 6.42 Å². The summed E-state index contributed by atoms with van der Waals surface area (Å²) in [5.74, 6) is 6.57. The van der Waals surface area contributed by atoms with Gasteiger partial charge >= 0.3 is 0 Å². The zero-order chi connectivity index (χ0) is 14.4. The number of methoxy groups -OCH3 is 1. The molecule has 2 rings (SSSR count). The van der Waals surface area contributed by atoms with Crippen molar-refractivity contribution in [1.82, 2.24) is 5.43 Å². The highest BCUT2D eigenvalue weighted by atomic mass is 16.5. The van der Waals surface area contributed by atoms with Crippen LogP contribution >= 0.6 is 0 Å². The molecule has 1 atom stereocenters. The van der Waals surface area contributed by atoms with Crippen molar-refractivity contribution >= 4 is 0 Å². The normalized spacial score (nSPS) is 12.2. The summed E-state index contributed by atoms with van der Waals surface area (Å²) >= 11 is 0. The lowest BCUT2D eigenvalue weighted by Crippen LogP contribution is -2.28. The molecular formula is C17H22N2O. The monoisotopic (exact) mass is 270 g/mol. The number of aryl methyl sites for hydroxylation is 1. The van der Waals surface area contributed by atoms with Crippen LogP contribution in [-0.4, -0.2) is 7.11 Å². The second-order valence-electron chi connectivity index (χ2n) is 4.87. The first-order chi connectivity index (χ1) is 9.78. The molecule has 2 aromatic rings. The lowest BCUT2D eigenvalue weighted by Gasteiger charge is -2.18. The molecule has 0 aliphatic rings. The molecule has 2 aromatic carbocycles. The zero-order valence-corrected chi connectivity index (χ0v) is 12.1. The Morgan fingerprint density at radius 2 is 1.85 bits per heavy atom. The van der Waals surface area contributed by atoms with Crippen LogP contribution in [0.4, 0.5) is 0 Å². The molecule has 0 fully saturated rings. The zero-order valence-electron chi connectivity index (χ0n) is 12.1. The molecule has 0 radical (unpaired) electrons. The van der Waals surface area contributed by atoms with Gasteiger partial charge in [0.05, 0.1) is 13.2 Å². The van der Waals surface area contributed by atoms with Gasteiger partial charge in [-0.05, 0) is 35.2 Å². The van der Waals surface area contributed by atoms with Crippen molar-refractivity contribution in [2.45, 2.75) is 25.8 Å². The van der Waals surface area contributed by atoms with Crippen molar-refractivity contribution in [2.24, 2.45) is 5.84 Å². The van der Waals surface area contributed by atoms with Crippen LogP contribution in [0.25, 0.3) is 0 Å². The van der Waals surface area contributed by atoms with E-state index in [1.165, 1.54) is 5.56 Å². The largest absolute Gasteiger partial charge is 0.497 e. The minimum Gasteiger partial charge on any atom is -0.497 e. The summed E-state index contributed by atoms with van der Waals surface area (Å²) in [5.41, 5.74) is 6.49. The molecule has 3 nitrogen and oxygen atoms in total. The predicted molar refractivity (Wildman–Crippen MR) is 82.6 cm³/mol. The molecule has 0 heterocycles. The minimum atomic E-state index is -0.0271. The quantitative estimate of drug-likeness (QED) is 0.626. The Labute approximate surface area is 120 Å². The van der Waals surface area contributed by atoms with Gasteiger partial charge < -0.3 is 4.74 Å². The van der Waals surface area contributed by atoms with Crippen LogP contribution < -0.4 is 16.0 Å². The average molecular weight is 270 g/mol. The van der Waals surface area contributed by atoms with Crippen LogP contribution in [0, 0.1) is 0 Å². The molecule has 0 aliphatic carbocycles. The summed E-state index contributed by atoms with van der Waals surface area (Å²) in [7, 11) is 1.67. The van der Waals surface area contributed by atoms with Crippen LogP contribution in [0.1, 0.15) is 36.1 Å². The Balaban J connectivity index is 2.26. The van der Waals surface area contributed by atoms with E-state index < -0.39 is 0 Å². The van der Waals surface area contributed by atoms with E-state index in [0.717, 1.165) is 29.7 Å². The first-order valence-corrected chi connectivity index (χ1v) is 6.97. The maximum atomic E-state index is 5.73. The summed E-state index contributed by atoms with van der Waals surface area (Å²) in [6.07, 6.45) is 2.27. The van der Waals surface area contributed by atoms with E-state index in [0.29, 0.717) is 0 Å². The molecule has 1 unspecified atom stereocenters. The number of nitrogens with two attached hydrogens (primary N) is 1. The van der Waals surface area contributed by atoms with Crippen LogP contribution in [0.2, 0.25) is 0 Å². The summed E-state index contributed by atoms with van der Waals surface area (Å²) in [5, 5.41) is 0. The Morgan fingerprint density at radius 1 is 1.10 bits per heavy atom. The summed E-state index contributed by atoms with van der Waals surface area (Å²) in [4.78, 5) is 0. The standard InChI is InChI=1S/C17H22N2O/c1-3-5-13-8-10-14(11-9-13)17(19-18)15-6-4-7-16(12-15)20-2/h4,6-12,17,19H,3,5,18H2,1-2H3. The van der Waals surface area contributed by atoms with Gasteiger partial charge in [-0.25, -0.2) is 5.43 Å². The molecular weight excluding hydrogens is 248 g/mol. The molecule has 0 aromatic heterocycles. The summed E-state index contributed by atoms with van der Waals surface area (Å²) in [6.45, 7) is 2.19. The minimum absolute atomic E-state index is 0.0271. The highest BCUT2D eigenvalue weighted by molar-refractivity contribution is 5.37. The Hall–Kier alpha value is -1.84. The van der Waals surface area contributed by atoms with E-state index in [9.17, 15) is 0 Å². The van der Waals surface area contributed by atoms with E-state index in [4.69, 9.17) is 10.6 Å². The molecule has 0 bridgehead atoms. The molecule has 106 valence electrons. The average Bonchev–Trinajstić information content (AvgIpc) is 2.50. The highest BCUT2D eigenvalue weighted by Crippen LogP contribution is 2.25. The summed E-state index contributed by atoms with van der Waals surface area (Å²) in [6, 6.07) is 16.5. The fourth-order valence-electron chi connectivity index (χ4n) is 2.37. The second kappa shape index (κ2) is 7.08. The molecule has 0 saturated heterocycles. The number of benzene rings is 2. The number of nitrogens with one attached hydrogen (secondary N) is 1. The molecule has 20 heavy (non-hydrogen) atoms. The number of ether oxygens (including phenoxy) is 1. The third-order valence-corrected chi connectivity index (χ3v) is 3.45. The van der Waals surface area contributed by atoms with Gasteiger partial charge in [-0.3, -0.25) is 5.84 Å². The molecule has 0 amide bonds. The van der Waals surface area contributed by atoms with E-state index >= 15 is 0 Å². The van der Waals surface area contributed by atoms with Crippen molar-refractivity contribution in [2.75, 3.05) is 7.11 Å². The van der Waals surface area contributed by atoms with Crippen LogP contribution in [0.15, 0.2) is 48.5 Å². The van der Waals surface area contributed by atoms with Crippen molar-refractivity contribution in [3.8, 4) is 5.75 Å². The first kappa shape index (κ1) is 14.6. The lowest BCUT2D eigenvalue weighted by atomic mass is 9.97. The highest BCUT2D eigenvalue weighted by Gasteiger charge is 2.12. The number of hydrogen-bond acceptors (Lipinski definition) is 3. The van der Waals surface area contributed by atoms with Gasteiger partial charge in [0.2, 0.25) is 0 Å². The third kappa shape index (κ3) is 3.38. The van der Waals surface area contributed by atoms with Gasteiger partial charge in [0.1, 0.15) is 5.75 Å². The van der Waals surface area contributed by atoms with Gasteiger partial charge in [-0.15, -0.1) is 0 Å². The molecule has 3 heteroatoms. The number of hydrogen-bond donors (Lipinski definition) is 2. The first-order valence-electron chi connectivity index (χ1n) is 6.97. The van der Waals surface area contributed by atoms with Crippen molar-refractivity contribution in [1.29, 1.82) is 0 Å². The van der Waals surface area contributed by atoms with Crippen molar-refractivity contribution < 1.29 is 4.74 Å². The van der Waals surface area contributed by atoms with Crippen molar-refractivity contribution in [3.05, 3.63) is 65.2 Å². The maximum Gasteiger partial charge on any atom is 0.119 e. The SMILES string of the molecule is CCCc1ccc(C(NN)c2cccc(OC)c2)cc1. The fraction of sp³-hybridized carbons (Fsp3) is 0.294. The molecule has 3 N–H and O–H groups in total. The second-order valence-corrected chi connectivity index (χ2v) is 4.87. The topological polar surface area (TPSA) is 47.3 Å². The van der Waals surface area contributed by atoms with Gasteiger partial charge in [-0.1, -0.05) is 49.7 Å². The maximum absolute atomic E-state index is 5.73. The molecule has 0 saturated carbocycles.